The minimum absolute atomic E-state index is 0.219. The van der Waals surface area contributed by atoms with Crippen molar-refractivity contribution in [1.29, 1.82) is 0 Å². The van der Waals surface area contributed by atoms with E-state index in [9.17, 15) is 4.79 Å². The van der Waals surface area contributed by atoms with Crippen LogP contribution in [-0.4, -0.2) is 23.7 Å². The fourth-order valence-electron chi connectivity index (χ4n) is 2.87. The zero-order valence-corrected chi connectivity index (χ0v) is 11.1. The predicted molar refractivity (Wildman–Crippen MR) is 74.0 cm³/mol. The van der Waals surface area contributed by atoms with Crippen LogP contribution in [0.15, 0.2) is 24.3 Å². The Morgan fingerprint density at radius 2 is 2.26 bits per heavy atom. The van der Waals surface area contributed by atoms with Crippen molar-refractivity contribution in [3.63, 3.8) is 0 Å². The second kappa shape index (κ2) is 5.05. The van der Waals surface area contributed by atoms with Crippen LogP contribution in [-0.2, 0) is 29.0 Å². The number of rotatable bonds is 3. The standard InChI is InChI=1S/C15H18N2O2/c1-11(18)19-9-8-17-14-5-3-2-4-12(14)13-6-7-16-10-15(13)17/h2-5,16H,6-10H2,1H3. The number of carbonyl (C=O) groups is 1. The number of fused-ring (bicyclic) bond motifs is 3. The van der Waals surface area contributed by atoms with Gasteiger partial charge in [-0.05, 0) is 24.6 Å². The molecule has 0 saturated carbocycles. The summed E-state index contributed by atoms with van der Waals surface area (Å²) in [6, 6.07) is 8.47. The van der Waals surface area contributed by atoms with Crippen LogP contribution in [0.3, 0.4) is 0 Å². The van der Waals surface area contributed by atoms with Crippen LogP contribution >= 0.6 is 0 Å². The highest BCUT2D eigenvalue weighted by molar-refractivity contribution is 5.85. The van der Waals surface area contributed by atoms with Crippen molar-refractivity contribution in [2.75, 3.05) is 13.2 Å². The number of nitrogens with zero attached hydrogens (tertiary/aromatic N) is 1. The fourth-order valence-corrected chi connectivity index (χ4v) is 2.87. The van der Waals surface area contributed by atoms with E-state index in [1.165, 1.54) is 29.1 Å². The summed E-state index contributed by atoms with van der Waals surface area (Å²) in [5.74, 6) is -0.219. The maximum atomic E-state index is 10.9. The molecule has 0 bridgehead atoms. The number of hydrogen-bond acceptors (Lipinski definition) is 3. The van der Waals surface area contributed by atoms with E-state index in [2.05, 4.69) is 34.1 Å². The molecule has 1 aliphatic rings. The third-order valence-corrected chi connectivity index (χ3v) is 3.66. The molecule has 3 rings (SSSR count). The van der Waals surface area contributed by atoms with Crippen LogP contribution in [0.5, 0.6) is 0 Å². The second-order valence-corrected chi connectivity index (χ2v) is 4.86. The summed E-state index contributed by atoms with van der Waals surface area (Å²) in [7, 11) is 0. The van der Waals surface area contributed by atoms with Crippen molar-refractivity contribution < 1.29 is 9.53 Å². The van der Waals surface area contributed by atoms with Gasteiger partial charge in [-0.2, -0.15) is 0 Å². The van der Waals surface area contributed by atoms with Crippen LogP contribution < -0.4 is 5.32 Å². The van der Waals surface area contributed by atoms with Crippen molar-refractivity contribution in [2.45, 2.75) is 26.4 Å². The van der Waals surface area contributed by atoms with E-state index in [4.69, 9.17) is 4.74 Å². The molecule has 0 spiro atoms. The molecule has 0 saturated heterocycles. The number of ether oxygens (including phenoxy) is 1. The topological polar surface area (TPSA) is 43.3 Å². The van der Waals surface area contributed by atoms with Gasteiger partial charge in [-0.15, -0.1) is 0 Å². The lowest BCUT2D eigenvalue weighted by Crippen LogP contribution is -2.25. The van der Waals surface area contributed by atoms with Gasteiger partial charge in [-0.1, -0.05) is 18.2 Å². The SMILES string of the molecule is CC(=O)OCCn1c2c(c3ccccc31)CCNC2. The van der Waals surface area contributed by atoms with Crippen LogP contribution in [0, 0.1) is 0 Å². The molecule has 2 heterocycles. The van der Waals surface area contributed by atoms with Gasteiger partial charge in [-0.25, -0.2) is 0 Å². The highest BCUT2D eigenvalue weighted by Gasteiger charge is 2.19. The Morgan fingerprint density at radius 1 is 1.42 bits per heavy atom. The Morgan fingerprint density at radius 3 is 3.11 bits per heavy atom. The van der Waals surface area contributed by atoms with Gasteiger partial charge in [0.1, 0.15) is 6.61 Å². The zero-order chi connectivity index (χ0) is 13.2. The third-order valence-electron chi connectivity index (χ3n) is 3.66. The first-order valence-electron chi connectivity index (χ1n) is 6.70. The van der Waals surface area contributed by atoms with Crippen molar-refractivity contribution in [2.24, 2.45) is 0 Å². The lowest BCUT2D eigenvalue weighted by molar-refractivity contribution is -0.141. The van der Waals surface area contributed by atoms with Gasteiger partial charge in [-0.3, -0.25) is 4.79 Å². The maximum absolute atomic E-state index is 10.9. The average Bonchev–Trinajstić information content (AvgIpc) is 2.74. The fraction of sp³-hybridized carbons (Fsp3) is 0.400. The predicted octanol–water partition coefficient (Wildman–Crippen LogP) is 1.85. The summed E-state index contributed by atoms with van der Waals surface area (Å²) in [6.45, 7) is 4.53. The molecule has 1 aromatic carbocycles. The normalized spacial score (nSPS) is 14.4. The molecule has 1 aliphatic heterocycles. The molecule has 4 nitrogen and oxygen atoms in total. The Labute approximate surface area is 112 Å². The lowest BCUT2D eigenvalue weighted by Gasteiger charge is -2.17. The van der Waals surface area contributed by atoms with E-state index in [1.807, 2.05) is 0 Å². The number of esters is 1. The summed E-state index contributed by atoms with van der Waals surface area (Å²) in [5.41, 5.74) is 4.01. The molecule has 0 amide bonds. The first-order chi connectivity index (χ1) is 9.27. The highest BCUT2D eigenvalue weighted by atomic mass is 16.5. The largest absolute Gasteiger partial charge is 0.464 e. The Bertz CT molecular complexity index is 616. The Kier molecular flexibility index (Phi) is 3.25. The van der Waals surface area contributed by atoms with Crippen LogP contribution in [0.2, 0.25) is 0 Å². The highest BCUT2D eigenvalue weighted by Crippen LogP contribution is 2.28. The summed E-state index contributed by atoms with van der Waals surface area (Å²) >= 11 is 0. The van der Waals surface area contributed by atoms with Crippen LogP contribution in [0.25, 0.3) is 10.9 Å². The van der Waals surface area contributed by atoms with E-state index in [0.717, 1.165) is 26.1 Å². The molecule has 19 heavy (non-hydrogen) atoms. The van der Waals surface area contributed by atoms with E-state index in [1.54, 1.807) is 0 Å². The van der Waals surface area contributed by atoms with Crippen molar-refractivity contribution in [1.82, 2.24) is 9.88 Å². The Balaban J connectivity index is 1.99. The van der Waals surface area contributed by atoms with Crippen LogP contribution in [0.1, 0.15) is 18.2 Å². The molecule has 100 valence electrons. The summed E-state index contributed by atoms with van der Waals surface area (Å²) in [5, 5.41) is 4.75. The molecule has 0 atom stereocenters. The summed E-state index contributed by atoms with van der Waals surface area (Å²) < 4.78 is 7.35. The van der Waals surface area contributed by atoms with Crippen LogP contribution in [0.4, 0.5) is 0 Å². The van der Waals surface area contributed by atoms with Gasteiger partial charge in [0.2, 0.25) is 0 Å². The number of carbonyl (C=O) groups excluding carboxylic acids is 1. The number of hydrogen-bond donors (Lipinski definition) is 1. The summed E-state index contributed by atoms with van der Waals surface area (Å²) in [6.07, 6.45) is 1.07. The average molecular weight is 258 g/mol. The molecule has 1 N–H and O–H groups in total. The number of aromatic nitrogens is 1. The van der Waals surface area contributed by atoms with Crippen molar-refractivity contribution in [3.8, 4) is 0 Å². The molecule has 0 aliphatic carbocycles. The van der Waals surface area contributed by atoms with Gasteiger partial charge >= 0.3 is 5.97 Å². The molecule has 2 aromatic rings. The van der Waals surface area contributed by atoms with Crippen molar-refractivity contribution >= 4 is 16.9 Å². The molecule has 0 unspecified atom stereocenters. The maximum Gasteiger partial charge on any atom is 0.302 e. The van der Waals surface area contributed by atoms with Gasteiger partial charge in [0.15, 0.2) is 0 Å². The minimum Gasteiger partial charge on any atom is -0.464 e. The quantitative estimate of drug-likeness (QED) is 0.854. The monoisotopic (exact) mass is 258 g/mol. The van der Waals surface area contributed by atoms with Gasteiger partial charge < -0.3 is 14.6 Å². The van der Waals surface area contributed by atoms with Gasteiger partial charge in [0, 0.05) is 30.1 Å². The first kappa shape index (κ1) is 12.2. The number of nitrogens with one attached hydrogen (secondary N) is 1. The lowest BCUT2D eigenvalue weighted by atomic mass is 10.1. The first-order valence-corrected chi connectivity index (χ1v) is 6.70. The van der Waals surface area contributed by atoms with E-state index in [0.29, 0.717) is 6.61 Å². The zero-order valence-electron chi connectivity index (χ0n) is 11.1. The molecular formula is C15H18N2O2. The van der Waals surface area contributed by atoms with Crippen molar-refractivity contribution in [3.05, 3.63) is 35.5 Å². The van der Waals surface area contributed by atoms with E-state index in [-0.39, 0.29) is 5.97 Å². The summed E-state index contributed by atoms with van der Waals surface area (Å²) in [4.78, 5) is 10.9. The third kappa shape index (κ3) is 2.24. The number of benzene rings is 1. The van der Waals surface area contributed by atoms with Gasteiger partial charge in [0.05, 0.1) is 6.54 Å². The van der Waals surface area contributed by atoms with E-state index < -0.39 is 0 Å². The second-order valence-electron chi connectivity index (χ2n) is 4.86. The molecular weight excluding hydrogens is 240 g/mol. The Hall–Kier alpha value is -1.81. The smallest absolute Gasteiger partial charge is 0.302 e. The minimum atomic E-state index is -0.219. The molecule has 4 heteroatoms. The molecule has 0 fully saturated rings. The molecule has 1 aromatic heterocycles. The molecule has 0 radical (unpaired) electrons. The van der Waals surface area contributed by atoms with Gasteiger partial charge in [0.25, 0.3) is 0 Å². The number of para-hydroxylation sites is 1. The van der Waals surface area contributed by atoms with E-state index >= 15 is 0 Å².